The van der Waals surface area contributed by atoms with Gasteiger partial charge in [-0.2, -0.15) is 0 Å². The standard InChI is InChI=1S/C28H22NO2P/c1-19(20-9-3-2-4-10-20)29-32-30-25-17-15-21-11-5-7-13-23(21)27(25)28-24-14-8-6-12-22(24)16-18-26(28)31-32/h2-19,29H,1H3/t19-/m0/s1. The normalized spacial score (nSPS) is 12.5. The average molecular weight is 435 g/mol. The minimum absolute atomic E-state index is 0.0909. The Morgan fingerprint density at radius 3 is 1.66 bits per heavy atom. The third kappa shape index (κ3) is 3.27. The maximum absolute atomic E-state index is 6.52. The second kappa shape index (κ2) is 7.87. The van der Waals surface area contributed by atoms with Gasteiger partial charge in [0.2, 0.25) is 0 Å². The van der Waals surface area contributed by atoms with Crippen LogP contribution in [0.1, 0.15) is 18.5 Å². The van der Waals surface area contributed by atoms with E-state index in [2.05, 4.69) is 109 Å². The highest BCUT2D eigenvalue weighted by molar-refractivity contribution is 7.38. The van der Waals surface area contributed by atoms with Gasteiger partial charge in [-0.05, 0) is 46.2 Å². The molecule has 4 heteroatoms. The molecule has 0 amide bonds. The Kier molecular flexibility index (Phi) is 4.72. The molecule has 0 aliphatic heterocycles. The topological polar surface area (TPSA) is 38.3 Å². The highest BCUT2D eigenvalue weighted by Crippen LogP contribution is 2.41. The molecule has 6 rings (SSSR count). The number of rotatable bonds is 3. The van der Waals surface area contributed by atoms with Crippen molar-refractivity contribution in [1.82, 2.24) is 0 Å². The van der Waals surface area contributed by atoms with Crippen LogP contribution in [-0.2, 0) is 0 Å². The molecule has 0 spiro atoms. The summed E-state index contributed by atoms with van der Waals surface area (Å²) in [6.45, 7) is 2.14. The van der Waals surface area contributed by atoms with Crippen molar-refractivity contribution < 1.29 is 8.39 Å². The maximum atomic E-state index is 6.52. The Morgan fingerprint density at radius 1 is 0.594 bits per heavy atom. The predicted octanol–water partition coefficient (Wildman–Crippen LogP) is 8.90. The van der Waals surface area contributed by atoms with E-state index in [-0.39, 0.29) is 6.04 Å². The number of hydrogen-bond donors (Lipinski definition) is 1. The van der Waals surface area contributed by atoms with Crippen LogP contribution in [0.15, 0.2) is 112 Å². The summed E-state index contributed by atoms with van der Waals surface area (Å²) in [7, 11) is -1.40. The van der Waals surface area contributed by atoms with Crippen LogP contribution in [0.5, 0.6) is 0 Å². The molecule has 0 fully saturated rings. The summed E-state index contributed by atoms with van der Waals surface area (Å²) in [5.74, 6) is 0. The lowest BCUT2D eigenvalue weighted by atomic mass is 9.99. The van der Waals surface area contributed by atoms with Gasteiger partial charge in [-0.15, -0.1) is 0 Å². The van der Waals surface area contributed by atoms with Gasteiger partial charge in [-0.1, -0.05) is 91.0 Å². The zero-order chi connectivity index (χ0) is 21.5. The summed E-state index contributed by atoms with van der Waals surface area (Å²) in [6.07, 6.45) is 0. The monoisotopic (exact) mass is 435 g/mol. The Labute approximate surface area is 186 Å². The van der Waals surface area contributed by atoms with Crippen molar-refractivity contribution in [3.63, 3.8) is 0 Å². The number of nitrogens with one attached hydrogen (secondary N) is 1. The molecule has 0 aliphatic carbocycles. The lowest BCUT2D eigenvalue weighted by molar-refractivity contribution is 0.637. The molecular formula is C28H22NO2P. The van der Waals surface area contributed by atoms with Gasteiger partial charge < -0.3 is 8.39 Å². The fourth-order valence-electron chi connectivity index (χ4n) is 4.40. The van der Waals surface area contributed by atoms with Crippen LogP contribution in [0.3, 0.4) is 0 Å². The molecule has 0 saturated carbocycles. The van der Waals surface area contributed by atoms with Crippen molar-refractivity contribution in [3.8, 4) is 0 Å². The van der Waals surface area contributed by atoms with Gasteiger partial charge in [-0.3, -0.25) is 0 Å². The minimum atomic E-state index is -1.40. The molecule has 1 heterocycles. The van der Waals surface area contributed by atoms with E-state index in [4.69, 9.17) is 8.39 Å². The van der Waals surface area contributed by atoms with Gasteiger partial charge in [-0.25, -0.2) is 5.09 Å². The Bertz CT molecular complexity index is 1520. The van der Waals surface area contributed by atoms with Crippen molar-refractivity contribution in [2.75, 3.05) is 5.09 Å². The van der Waals surface area contributed by atoms with Crippen LogP contribution in [0.4, 0.5) is 0 Å². The molecule has 0 radical (unpaired) electrons. The van der Waals surface area contributed by atoms with Crippen LogP contribution in [0.2, 0.25) is 0 Å². The van der Waals surface area contributed by atoms with Crippen LogP contribution in [0.25, 0.3) is 43.5 Å². The first kappa shape index (κ1) is 19.2. The van der Waals surface area contributed by atoms with Crippen LogP contribution in [0, 0.1) is 0 Å². The van der Waals surface area contributed by atoms with Gasteiger partial charge in [0, 0.05) is 16.8 Å². The molecule has 6 aromatic rings. The third-order valence-electron chi connectivity index (χ3n) is 5.99. The zero-order valence-corrected chi connectivity index (χ0v) is 18.6. The third-order valence-corrected chi connectivity index (χ3v) is 7.32. The quantitative estimate of drug-likeness (QED) is 0.302. The van der Waals surface area contributed by atoms with Gasteiger partial charge in [0.1, 0.15) is 11.2 Å². The molecule has 0 bridgehead atoms. The largest absolute Gasteiger partial charge is 0.408 e. The molecule has 1 N–H and O–H groups in total. The molecule has 1 atom stereocenters. The van der Waals surface area contributed by atoms with E-state index in [0.717, 1.165) is 21.9 Å². The first-order valence-corrected chi connectivity index (χ1v) is 12.0. The number of benzene rings is 5. The summed E-state index contributed by atoms with van der Waals surface area (Å²) in [4.78, 5) is 0. The van der Waals surface area contributed by atoms with Crippen molar-refractivity contribution in [2.45, 2.75) is 13.0 Å². The van der Waals surface area contributed by atoms with Crippen molar-refractivity contribution in [2.24, 2.45) is 0 Å². The number of hydrogen-bond acceptors (Lipinski definition) is 3. The van der Waals surface area contributed by atoms with E-state index in [1.807, 2.05) is 6.07 Å². The van der Waals surface area contributed by atoms with E-state index in [1.165, 1.54) is 27.1 Å². The first-order chi connectivity index (χ1) is 15.8. The predicted molar refractivity (Wildman–Crippen MR) is 136 cm³/mol. The molecule has 0 aliphatic rings. The molecule has 0 saturated heterocycles. The van der Waals surface area contributed by atoms with Crippen molar-refractivity contribution in [1.29, 1.82) is 0 Å². The molecule has 156 valence electrons. The van der Waals surface area contributed by atoms with Crippen LogP contribution in [-0.4, -0.2) is 0 Å². The van der Waals surface area contributed by atoms with Crippen molar-refractivity contribution in [3.05, 3.63) is 109 Å². The number of fused-ring (bicyclic) bond motifs is 7. The molecule has 1 aromatic heterocycles. The average Bonchev–Trinajstić information content (AvgIpc) is 3.01. The summed E-state index contributed by atoms with van der Waals surface area (Å²) in [6, 6.07) is 35.8. The molecule has 3 nitrogen and oxygen atoms in total. The summed E-state index contributed by atoms with van der Waals surface area (Å²) in [5, 5.41) is 10.5. The molecular weight excluding hydrogens is 413 g/mol. The molecule has 0 unspecified atom stereocenters. The Morgan fingerprint density at radius 2 is 1.09 bits per heavy atom. The fraction of sp³-hybridized carbons (Fsp3) is 0.0714. The summed E-state index contributed by atoms with van der Waals surface area (Å²) < 4.78 is 13.0. The van der Waals surface area contributed by atoms with E-state index in [0.29, 0.717) is 0 Å². The maximum Gasteiger partial charge on any atom is 0.307 e. The van der Waals surface area contributed by atoms with Gasteiger partial charge in [0.15, 0.2) is 0 Å². The van der Waals surface area contributed by atoms with Gasteiger partial charge in [0.25, 0.3) is 0 Å². The fourth-order valence-corrected chi connectivity index (χ4v) is 5.66. The summed E-state index contributed by atoms with van der Waals surface area (Å²) in [5.41, 5.74) is 2.89. The lowest BCUT2D eigenvalue weighted by Gasteiger charge is -2.11. The molecule has 32 heavy (non-hydrogen) atoms. The second-order valence-corrected chi connectivity index (χ2v) is 9.16. The van der Waals surface area contributed by atoms with Gasteiger partial charge in [0.05, 0.1) is 0 Å². The summed E-state index contributed by atoms with van der Waals surface area (Å²) >= 11 is 0. The van der Waals surface area contributed by atoms with E-state index < -0.39 is 8.16 Å². The zero-order valence-electron chi connectivity index (χ0n) is 17.7. The minimum Gasteiger partial charge on any atom is -0.408 e. The second-order valence-electron chi connectivity index (χ2n) is 8.02. The van der Waals surface area contributed by atoms with E-state index >= 15 is 0 Å². The first-order valence-electron chi connectivity index (χ1n) is 10.8. The highest BCUT2D eigenvalue weighted by atomic mass is 31.1. The van der Waals surface area contributed by atoms with Gasteiger partial charge >= 0.3 is 8.16 Å². The Balaban J connectivity index is 1.70. The van der Waals surface area contributed by atoms with Crippen LogP contribution >= 0.6 is 8.16 Å². The van der Waals surface area contributed by atoms with E-state index in [1.54, 1.807) is 0 Å². The highest BCUT2D eigenvalue weighted by Gasteiger charge is 2.14. The van der Waals surface area contributed by atoms with Crippen molar-refractivity contribution >= 4 is 51.6 Å². The lowest BCUT2D eigenvalue weighted by Crippen LogP contribution is -2.02. The van der Waals surface area contributed by atoms with E-state index in [9.17, 15) is 0 Å². The van der Waals surface area contributed by atoms with Crippen LogP contribution < -0.4 is 5.09 Å². The molecule has 5 aromatic carbocycles. The SMILES string of the molecule is C[C@H](Np1oc2ccc3ccccc3c2c2c(ccc3ccccc32)o1)c1ccccc1. The Hall–Kier alpha value is -3.52. The smallest absolute Gasteiger partial charge is 0.307 e.